The van der Waals surface area contributed by atoms with Crippen LogP contribution in [0.15, 0.2) is 40.8 Å². The second-order valence-corrected chi connectivity index (χ2v) is 5.98. The van der Waals surface area contributed by atoms with Gasteiger partial charge in [-0.05, 0) is 30.7 Å². The summed E-state index contributed by atoms with van der Waals surface area (Å²) in [5.74, 6) is 2.04. The third-order valence-electron chi connectivity index (χ3n) is 4.40. The van der Waals surface area contributed by atoms with Gasteiger partial charge in [-0.15, -0.1) is 0 Å². The molecule has 0 spiro atoms. The maximum atomic E-state index is 5.78. The number of para-hydroxylation sites is 1. The molecule has 1 atom stereocenters. The molecule has 3 rings (SSSR count). The number of morpholine rings is 1. The summed E-state index contributed by atoms with van der Waals surface area (Å²) < 4.78 is 11.2. The van der Waals surface area contributed by atoms with E-state index in [9.17, 15) is 0 Å². The number of anilines is 1. The first-order valence-corrected chi connectivity index (χ1v) is 8.50. The van der Waals surface area contributed by atoms with Crippen LogP contribution in [0.5, 0.6) is 0 Å². The topological polar surface area (TPSA) is 37.6 Å². The number of nitrogens with zero attached hydrogens (tertiary/aromatic N) is 1. The van der Waals surface area contributed by atoms with Gasteiger partial charge >= 0.3 is 0 Å². The van der Waals surface area contributed by atoms with Gasteiger partial charge in [-0.3, -0.25) is 0 Å². The Morgan fingerprint density at radius 1 is 1.09 bits per heavy atom. The Balaban J connectivity index is 1.67. The molecule has 0 amide bonds. The van der Waals surface area contributed by atoms with Gasteiger partial charge in [-0.25, -0.2) is 0 Å². The monoisotopic (exact) mass is 314 g/mol. The number of hydrogen-bond acceptors (Lipinski definition) is 4. The van der Waals surface area contributed by atoms with E-state index in [1.807, 2.05) is 0 Å². The van der Waals surface area contributed by atoms with E-state index < -0.39 is 0 Å². The molecule has 0 aliphatic carbocycles. The fraction of sp³-hybridized carbons (Fsp3) is 0.474. The quantitative estimate of drug-likeness (QED) is 0.885. The van der Waals surface area contributed by atoms with Crippen LogP contribution in [0.1, 0.15) is 37.0 Å². The van der Waals surface area contributed by atoms with Crippen LogP contribution < -0.4 is 10.2 Å². The summed E-state index contributed by atoms with van der Waals surface area (Å²) in [5, 5.41) is 3.58. The minimum absolute atomic E-state index is 0.268. The Morgan fingerprint density at radius 2 is 1.83 bits per heavy atom. The average Bonchev–Trinajstić information content (AvgIpc) is 3.08. The molecule has 4 heteroatoms. The van der Waals surface area contributed by atoms with Crippen molar-refractivity contribution < 1.29 is 9.15 Å². The summed E-state index contributed by atoms with van der Waals surface area (Å²) in [6.07, 6.45) is 0.940. The maximum Gasteiger partial charge on any atom is 0.117 e. The predicted octanol–water partition coefficient (Wildman–Crippen LogP) is 3.53. The molecular weight excluding hydrogens is 288 g/mol. The molecule has 1 aliphatic rings. The zero-order valence-electron chi connectivity index (χ0n) is 14.0. The molecule has 0 radical (unpaired) electrons. The molecule has 1 fully saturated rings. The van der Waals surface area contributed by atoms with Gasteiger partial charge in [0.25, 0.3) is 0 Å². The van der Waals surface area contributed by atoms with E-state index in [0.29, 0.717) is 0 Å². The second kappa shape index (κ2) is 7.66. The summed E-state index contributed by atoms with van der Waals surface area (Å²) in [5.41, 5.74) is 2.64. The van der Waals surface area contributed by atoms with E-state index in [1.54, 1.807) is 0 Å². The molecule has 1 aromatic carbocycles. The fourth-order valence-corrected chi connectivity index (χ4v) is 3.02. The second-order valence-electron chi connectivity index (χ2n) is 5.98. The molecule has 0 saturated carbocycles. The molecule has 0 bridgehead atoms. The Hall–Kier alpha value is -1.78. The van der Waals surface area contributed by atoms with Gasteiger partial charge in [-0.1, -0.05) is 25.1 Å². The van der Waals surface area contributed by atoms with E-state index >= 15 is 0 Å². The van der Waals surface area contributed by atoms with Gasteiger partial charge in [-0.2, -0.15) is 0 Å². The zero-order valence-corrected chi connectivity index (χ0v) is 14.0. The van der Waals surface area contributed by atoms with Crippen LogP contribution in [0, 0.1) is 0 Å². The summed E-state index contributed by atoms with van der Waals surface area (Å²) >= 11 is 0. The van der Waals surface area contributed by atoms with Gasteiger partial charge in [0.2, 0.25) is 0 Å². The molecular formula is C19H26N2O2. The van der Waals surface area contributed by atoms with Crippen molar-refractivity contribution in [2.24, 2.45) is 0 Å². The van der Waals surface area contributed by atoms with Crippen LogP contribution in [0.4, 0.5) is 5.69 Å². The van der Waals surface area contributed by atoms with Crippen LogP contribution in [0.3, 0.4) is 0 Å². The lowest BCUT2D eigenvalue weighted by Gasteiger charge is -2.32. The van der Waals surface area contributed by atoms with Gasteiger partial charge < -0.3 is 19.4 Å². The lowest BCUT2D eigenvalue weighted by molar-refractivity contribution is 0.122. The first-order valence-electron chi connectivity index (χ1n) is 8.50. The third kappa shape index (κ3) is 3.95. The van der Waals surface area contributed by atoms with Crippen LogP contribution in [0.25, 0.3) is 0 Å². The minimum Gasteiger partial charge on any atom is -0.465 e. The average molecular weight is 314 g/mol. The Bertz CT molecular complexity index is 617. The largest absolute Gasteiger partial charge is 0.465 e. The maximum absolute atomic E-state index is 5.78. The van der Waals surface area contributed by atoms with Gasteiger partial charge in [0.15, 0.2) is 0 Å². The fourth-order valence-electron chi connectivity index (χ4n) is 3.02. The standard InChI is InChI=1S/C19H26N2O2/c1-3-16-8-9-17(23-16)14-20-15(2)18-6-4-5-7-19(18)21-10-12-22-13-11-21/h4-9,15,20H,3,10-14H2,1-2H3. The van der Waals surface area contributed by atoms with Crippen LogP contribution in [0.2, 0.25) is 0 Å². The summed E-state index contributed by atoms with van der Waals surface area (Å²) in [6.45, 7) is 8.60. The number of benzene rings is 1. The molecule has 124 valence electrons. The number of rotatable bonds is 6. The zero-order chi connectivity index (χ0) is 16.1. The molecule has 2 aromatic rings. The number of furan rings is 1. The SMILES string of the molecule is CCc1ccc(CNC(C)c2ccccc2N2CCOCC2)o1. The molecule has 1 N–H and O–H groups in total. The molecule has 4 nitrogen and oxygen atoms in total. The molecule has 23 heavy (non-hydrogen) atoms. The first kappa shape index (κ1) is 16.1. The highest BCUT2D eigenvalue weighted by atomic mass is 16.5. The predicted molar refractivity (Wildman–Crippen MR) is 92.8 cm³/mol. The van der Waals surface area contributed by atoms with E-state index in [-0.39, 0.29) is 6.04 Å². The summed E-state index contributed by atoms with van der Waals surface area (Å²) in [4.78, 5) is 2.42. The highest BCUT2D eigenvalue weighted by molar-refractivity contribution is 5.55. The van der Waals surface area contributed by atoms with Crippen LogP contribution in [-0.2, 0) is 17.7 Å². The van der Waals surface area contributed by atoms with Gasteiger partial charge in [0.1, 0.15) is 11.5 Å². The Labute approximate surface area is 138 Å². The normalized spacial score (nSPS) is 16.5. The van der Waals surface area contributed by atoms with E-state index in [0.717, 1.165) is 50.8 Å². The summed E-state index contributed by atoms with van der Waals surface area (Å²) in [6, 6.07) is 13.0. The minimum atomic E-state index is 0.268. The lowest BCUT2D eigenvalue weighted by Crippen LogP contribution is -2.37. The smallest absolute Gasteiger partial charge is 0.117 e. The molecule has 1 aliphatic heterocycles. The molecule has 1 unspecified atom stereocenters. The van der Waals surface area contributed by atoms with Crippen molar-refractivity contribution in [3.05, 3.63) is 53.5 Å². The van der Waals surface area contributed by atoms with E-state index in [4.69, 9.17) is 9.15 Å². The third-order valence-corrected chi connectivity index (χ3v) is 4.40. The lowest BCUT2D eigenvalue weighted by atomic mass is 10.0. The van der Waals surface area contributed by atoms with Crippen molar-refractivity contribution in [3.8, 4) is 0 Å². The van der Waals surface area contributed by atoms with Gasteiger partial charge in [0, 0.05) is 31.2 Å². The van der Waals surface area contributed by atoms with Crippen LogP contribution >= 0.6 is 0 Å². The van der Waals surface area contributed by atoms with Crippen molar-refractivity contribution >= 4 is 5.69 Å². The molecule has 1 aromatic heterocycles. The van der Waals surface area contributed by atoms with E-state index in [1.165, 1.54) is 11.3 Å². The van der Waals surface area contributed by atoms with Crippen molar-refractivity contribution in [1.82, 2.24) is 5.32 Å². The van der Waals surface area contributed by atoms with E-state index in [2.05, 4.69) is 60.5 Å². The van der Waals surface area contributed by atoms with Crippen molar-refractivity contribution in [2.45, 2.75) is 32.9 Å². The Kier molecular flexibility index (Phi) is 5.36. The Morgan fingerprint density at radius 3 is 2.57 bits per heavy atom. The number of ether oxygens (including phenoxy) is 1. The number of nitrogens with one attached hydrogen (secondary N) is 1. The molecule has 1 saturated heterocycles. The summed E-state index contributed by atoms with van der Waals surface area (Å²) in [7, 11) is 0. The number of aryl methyl sites for hydroxylation is 1. The highest BCUT2D eigenvalue weighted by Gasteiger charge is 2.17. The highest BCUT2D eigenvalue weighted by Crippen LogP contribution is 2.27. The van der Waals surface area contributed by atoms with Crippen molar-refractivity contribution in [2.75, 3.05) is 31.2 Å². The van der Waals surface area contributed by atoms with Crippen LogP contribution in [-0.4, -0.2) is 26.3 Å². The van der Waals surface area contributed by atoms with Gasteiger partial charge in [0.05, 0.1) is 19.8 Å². The molecule has 2 heterocycles. The van der Waals surface area contributed by atoms with Crippen molar-refractivity contribution in [3.63, 3.8) is 0 Å². The first-order chi connectivity index (χ1) is 11.3. The van der Waals surface area contributed by atoms with Crippen molar-refractivity contribution in [1.29, 1.82) is 0 Å². The number of hydrogen-bond donors (Lipinski definition) is 1.